The minimum absolute atomic E-state index is 0.0194. The molecule has 8 heteroatoms. The van der Waals surface area contributed by atoms with Crippen LogP contribution in [0.25, 0.3) is 0 Å². The van der Waals surface area contributed by atoms with E-state index in [0.717, 1.165) is 54.2 Å². The summed E-state index contributed by atoms with van der Waals surface area (Å²) in [5.41, 5.74) is 2.23. The molecule has 2 saturated heterocycles. The van der Waals surface area contributed by atoms with Crippen molar-refractivity contribution in [3.63, 3.8) is 0 Å². The Morgan fingerprint density at radius 3 is 2.53 bits per heavy atom. The fourth-order valence-corrected chi connectivity index (χ4v) is 5.92. The van der Waals surface area contributed by atoms with E-state index in [0.29, 0.717) is 19.6 Å². The Labute approximate surface area is 214 Å². The van der Waals surface area contributed by atoms with Crippen molar-refractivity contribution in [3.8, 4) is 0 Å². The largest absolute Gasteiger partial charge is 0.379 e. The molecule has 1 atom stereocenters. The number of rotatable bonds is 9. The van der Waals surface area contributed by atoms with Crippen molar-refractivity contribution in [2.24, 2.45) is 0 Å². The lowest BCUT2D eigenvalue weighted by atomic mass is 10.1. The van der Waals surface area contributed by atoms with E-state index in [1.165, 1.54) is 17.3 Å². The second-order valence-corrected chi connectivity index (χ2v) is 11.4. The fourth-order valence-electron chi connectivity index (χ4n) is 4.35. The third-order valence-electron chi connectivity index (χ3n) is 6.31. The predicted octanol–water partition coefficient (Wildman–Crippen LogP) is 3.86. The Morgan fingerprint density at radius 1 is 1.12 bits per heavy atom. The Morgan fingerprint density at radius 2 is 1.82 bits per heavy atom. The van der Waals surface area contributed by atoms with Gasteiger partial charge in [-0.3, -0.25) is 14.5 Å². The van der Waals surface area contributed by atoms with Crippen molar-refractivity contribution in [1.82, 2.24) is 15.1 Å². The van der Waals surface area contributed by atoms with Gasteiger partial charge < -0.3 is 15.0 Å². The molecule has 182 valence electrons. The van der Waals surface area contributed by atoms with Crippen LogP contribution in [0.5, 0.6) is 0 Å². The molecule has 2 amide bonds. The van der Waals surface area contributed by atoms with Gasteiger partial charge in [0.2, 0.25) is 11.8 Å². The summed E-state index contributed by atoms with van der Waals surface area (Å²) in [5, 5.41) is 3.15. The molecule has 0 aromatic heterocycles. The van der Waals surface area contributed by atoms with Crippen LogP contribution in [-0.4, -0.2) is 72.3 Å². The predicted molar refractivity (Wildman–Crippen MR) is 139 cm³/mol. The number of benzene rings is 2. The lowest BCUT2D eigenvalue weighted by Crippen LogP contribution is -2.47. The van der Waals surface area contributed by atoms with E-state index in [4.69, 9.17) is 4.74 Å². The van der Waals surface area contributed by atoms with Gasteiger partial charge in [0.25, 0.3) is 0 Å². The fraction of sp³-hybridized carbons (Fsp3) is 0.462. The molecule has 2 aromatic rings. The van der Waals surface area contributed by atoms with Gasteiger partial charge in [-0.25, -0.2) is 0 Å². The number of morpholine rings is 1. The Balaban J connectivity index is 1.43. The van der Waals surface area contributed by atoms with Gasteiger partial charge in [0.05, 0.1) is 19.6 Å². The SMILES string of the molecule is Cc1ccc(SC2(C(=O)NCCCN3CCOCC3)CC(=O)N(Cc3ccc(Br)cc3)C2)cc1. The molecule has 6 nitrogen and oxygen atoms in total. The average Bonchev–Trinajstić information content (AvgIpc) is 3.16. The van der Waals surface area contributed by atoms with E-state index in [9.17, 15) is 9.59 Å². The summed E-state index contributed by atoms with van der Waals surface area (Å²) in [6, 6.07) is 16.1. The first kappa shape index (κ1) is 25.2. The van der Waals surface area contributed by atoms with Crippen molar-refractivity contribution in [1.29, 1.82) is 0 Å². The van der Waals surface area contributed by atoms with Gasteiger partial charge in [0, 0.05) is 42.1 Å². The number of carbonyl (C=O) groups excluding carboxylic acids is 2. The number of thioether (sulfide) groups is 1. The summed E-state index contributed by atoms with van der Waals surface area (Å²) in [5.74, 6) is -0.0299. The molecule has 2 aliphatic rings. The number of hydrogen-bond acceptors (Lipinski definition) is 5. The number of ether oxygens (including phenoxy) is 1. The van der Waals surface area contributed by atoms with Gasteiger partial charge in [0.1, 0.15) is 4.75 Å². The molecule has 1 N–H and O–H groups in total. The van der Waals surface area contributed by atoms with E-state index in [-0.39, 0.29) is 18.2 Å². The Hall–Kier alpha value is -1.87. The third kappa shape index (κ3) is 6.62. The van der Waals surface area contributed by atoms with Gasteiger partial charge >= 0.3 is 0 Å². The summed E-state index contributed by atoms with van der Waals surface area (Å²) in [7, 11) is 0. The van der Waals surface area contributed by atoms with E-state index in [2.05, 4.69) is 26.1 Å². The molecule has 0 saturated carbocycles. The van der Waals surface area contributed by atoms with Crippen LogP contribution in [0.4, 0.5) is 0 Å². The van der Waals surface area contributed by atoms with Crippen molar-refractivity contribution >= 4 is 39.5 Å². The highest BCUT2D eigenvalue weighted by Gasteiger charge is 2.49. The highest BCUT2D eigenvalue weighted by atomic mass is 79.9. The van der Waals surface area contributed by atoms with Crippen molar-refractivity contribution in [3.05, 3.63) is 64.1 Å². The monoisotopic (exact) mass is 545 g/mol. The number of carbonyl (C=O) groups is 2. The van der Waals surface area contributed by atoms with Crippen LogP contribution in [0.2, 0.25) is 0 Å². The molecular weight excluding hydrogens is 514 g/mol. The highest BCUT2D eigenvalue weighted by molar-refractivity contribution is 9.10. The molecule has 0 bridgehead atoms. The zero-order valence-electron chi connectivity index (χ0n) is 19.6. The zero-order chi connectivity index (χ0) is 24.0. The lowest BCUT2D eigenvalue weighted by Gasteiger charge is -2.28. The first-order chi connectivity index (χ1) is 16.4. The van der Waals surface area contributed by atoms with Crippen molar-refractivity contribution in [2.45, 2.75) is 36.0 Å². The molecule has 34 heavy (non-hydrogen) atoms. The molecule has 2 fully saturated rings. The molecule has 2 aliphatic heterocycles. The molecule has 4 rings (SSSR count). The first-order valence-corrected chi connectivity index (χ1v) is 13.4. The summed E-state index contributed by atoms with van der Waals surface area (Å²) >= 11 is 4.97. The Kier molecular flexibility index (Phi) is 8.69. The maximum atomic E-state index is 13.5. The second kappa shape index (κ2) is 11.7. The number of amides is 2. The van der Waals surface area contributed by atoms with Crippen LogP contribution in [0.3, 0.4) is 0 Å². The van der Waals surface area contributed by atoms with Crippen LogP contribution in [0, 0.1) is 6.92 Å². The summed E-state index contributed by atoms with van der Waals surface area (Å²) in [6.45, 7) is 7.94. The number of hydrogen-bond donors (Lipinski definition) is 1. The van der Waals surface area contributed by atoms with Crippen LogP contribution in [-0.2, 0) is 20.9 Å². The van der Waals surface area contributed by atoms with Crippen LogP contribution in [0.1, 0.15) is 24.0 Å². The normalized spacial score (nSPS) is 21.1. The molecule has 0 aliphatic carbocycles. The molecular formula is C26H32BrN3O3S. The van der Waals surface area contributed by atoms with E-state index in [1.54, 1.807) is 0 Å². The summed E-state index contributed by atoms with van der Waals surface area (Å²) in [4.78, 5) is 31.8. The first-order valence-electron chi connectivity index (χ1n) is 11.8. The van der Waals surface area contributed by atoms with Crippen LogP contribution < -0.4 is 5.32 Å². The maximum absolute atomic E-state index is 13.5. The van der Waals surface area contributed by atoms with Gasteiger partial charge in [-0.1, -0.05) is 45.8 Å². The second-order valence-electron chi connectivity index (χ2n) is 9.03. The molecule has 0 radical (unpaired) electrons. The van der Waals surface area contributed by atoms with Crippen molar-refractivity contribution < 1.29 is 14.3 Å². The topological polar surface area (TPSA) is 61.9 Å². The van der Waals surface area contributed by atoms with Gasteiger partial charge in [-0.2, -0.15) is 0 Å². The van der Waals surface area contributed by atoms with Gasteiger partial charge in [-0.15, -0.1) is 11.8 Å². The molecule has 2 heterocycles. The summed E-state index contributed by atoms with van der Waals surface area (Å²) < 4.78 is 5.58. The minimum atomic E-state index is -0.833. The minimum Gasteiger partial charge on any atom is -0.379 e. The van der Waals surface area contributed by atoms with Crippen LogP contribution >= 0.6 is 27.7 Å². The molecule has 2 aromatic carbocycles. The third-order valence-corrected chi connectivity index (χ3v) is 8.20. The smallest absolute Gasteiger partial charge is 0.238 e. The van der Waals surface area contributed by atoms with E-state index < -0.39 is 4.75 Å². The van der Waals surface area contributed by atoms with E-state index in [1.807, 2.05) is 60.4 Å². The number of nitrogens with one attached hydrogen (secondary N) is 1. The number of aryl methyl sites for hydroxylation is 1. The van der Waals surface area contributed by atoms with Crippen LogP contribution in [0.15, 0.2) is 57.9 Å². The Bertz CT molecular complexity index is 980. The maximum Gasteiger partial charge on any atom is 0.238 e. The summed E-state index contributed by atoms with van der Waals surface area (Å²) in [6.07, 6.45) is 1.09. The quantitative estimate of drug-likeness (QED) is 0.485. The molecule has 1 unspecified atom stereocenters. The number of likely N-dealkylation sites (tertiary alicyclic amines) is 1. The van der Waals surface area contributed by atoms with E-state index >= 15 is 0 Å². The van der Waals surface area contributed by atoms with Gasteiger partial charge in [0.15, 0.2) is 0 Å². The number of halogens is 1. The van der Waals surface area contributed by atoms with Crippen molar-refractivity contribution in [2.75, 3.05) is 45.9 Å². The van der Waals surface area contributed by atoms with Gasteiger partial charge in [-0.05, 0) is 49.7 Å². The highest BCUT2D eigenvalue weighted by Crippen LogP contribution is 2.41. The lowest BCUT2D eigenvalue weighted by molar-refractivity contribution is -0.129. The molecule has 0 spiro atoms. The zero-order valence-corrected chi connectivity index (χ0v) is 22.0. The average molecular weight is 547 g/mol. The number of nitrogens with zero attached hydrogens (tertiary/aromatic N) is 2. The standard InChI is InChI=1S/C26H32BrN3O3S/c1-20-3-9-23(10-4-20)34-26(25(32)28-11-2-12-29-13-15-33-16-14-29)17-24(31)30(19-26)18-21-5-7-22(27)8-6-21/h3-10H,2,11-19H2,1H3,(H,28,32).